The van der Waals surface area contributed by atoms with E-state index in [4.69, 9.17) is 4.74 Å². The quantitative estimate of drug-likeness (QED) is 0.478. The Hall–Kier alpha value is -1.99. The van der Waals surface area contributed by atoms with Crippen LogP contribution >= 0.6 is 0 Å². The van der Waals surface area contributed by atoms with Crippen LogP contribution in [0.2, 0.25) is 0 Å². The Morgan fingerprint density at radius 3 is 2.64 bits per heavy atom. The van der Waals surface area contributed by atoms with E-state index in [2.05, 4.69) is 10.1 Å². The summed E-state index contributed by atoms with van der Waals surface area (Å²) in [4.78, 5) is 26.4. The number of nitro groups is 1. The number of carbonyl (C=O) groups is 1. The Balaban J connectivity index is 1.75. The van der Waals surface area contributed by atoms with E-state index in [0.717, 1.165) is 32.1 Å². The Bertz CT molecular complexity index is 641. The van der Waals surface area contributed by atoms with Gasteiger partial charge in [0, 0.05) is 5.10 Å². The van der Waals surface area contributed by atoms with Crippen molar-refractivity contribution in [2.45, 2.75) is 44.1 Å². The topological polar surface area (TPSA) is 100 Å². The largest absolute Gasteiger partial charge is 0.490 e. The van der Waals surface area contributed by atoms with Crippen molar-refractivity contribution in [3.63, 3.8) is 0 Å². The zero-order chi connectivity index (χ0) is 15.5. The van der Waals surface area contributed by atoms with Crippen LogP contribution in [0.4, 0.5) is 5.95 Å². The van der Waals surface area contributed by atoms with E-state index >= 15 is 0 Å². The molecule has 0 saturated heterocycles. The van der Waals surface area contributed by atoms with Crippen molar-refractivity contribution < 1.29 is 14.5 Å². The predicted octanol–water partition coefficient (Wildman–Crippen LogP) is 1.65. The standard InChI is InChI=1S/C14H18N4O4/c1-22-11(19)13-3-9-2-10(4-13)6-14(5-9,7-13)17-8-15-12(16-17)18(20)21/h8-10H,2-7H2,1H3/t9-,10-,13?,14?/m0/s1. The maximum absolute atomic E-state index is 12.4. The number of ether oxygens (including phenoxy) is 1. The molecule has 4 bridgehead atoms. The van der Waals surface area contributed by atoms with E-state index in [9.17, 15) is 14.9 Å². The molecular formula is C14H18N4O4. The third kappa shape index (κ3) is 1.72. The molecule has 0 spiro atoms. The molecule has 0 N–H and O–H groups in total. The highest BCUT2D eigenvalue weighted by molar-refractivity contribution is 5.77. The summed E-state index contributed by atoms with van der Waals surface area (Å²) < 4.78 is 6.72. The van der Waals surface area contributed by atoms with Gasteiger partial charge in [0.15, 0.2) is 0 Å². The van der Waals surface area contributed by atoms with Gasteiger partial charge in [0.05, 0.1) is 18.1 Å². The van der Waals surface area contributed by atoms with Gasteiger partial charge in [-0.3, -0.25) is 4.79 Å². The number of rotatable bonds is 3. The van der Waals surface area contributed by atoms with E-state index in [0.29, 0.717) is 18.3 Å². The van der Waals surface area contributed by atoms with Crippen LogP contribution in [0.1, 0.15) is 38.5 Å². The highest BCUT2D eigenvalue weighted by Crippen LogP contribution is 2.64. The summed E-state index contributed by atoms with van der Waals surface area (Å²) >= 11 is 0. The van der Waals surface area contributed by atoms with E-state index in [1.54, 1.807) is 4.68 Å². The molecule has 0 radical (unpaired) electrons. The van der Waals surface area contributed by atoms with Crippen molar-refractivity contribution in [1.29, 1.82) is 0 Å². The van der Waals surface area contributed by atoms with Gasteiger partial charge in [-0.15, -0.1) is 0 Å². The van der Waals surface area contributed by atoms with E-state index in [-0.39, 0.29) is 17.5 Å². The van der Waals surface area contributed by atoms with Crippen molar-refractivity contribution >= 4 is 11.9 Å². The first-order valence-corrected chi connectivity index (χ1v) is 7.61. The first-order valence-electron chi connectivity index (χ1n) is 7.61. The Labute approximate surface area is 127 Å². The SMILES string of the molecule is COC(=O)C12C[C@@H]3C[C@@H](C1)CC(n1cnc([N+](=O)[O-])n1)(C3)C2. The molecule has 4 saturated carbocycles. The molecule has 1 heterocycles. The minimum Gasteiger partial charge on any atom is -0.469 e. The second-order valence-corrected chi connectivity index (χ2v) is 7.20. The molecule has 8 nitrogen and oxygen atoms in total. The van der Waals surface area contributed by atoms with Gasteiger partial charge in [-0.25, -0.2) is 0 Å². The number of nitrogens with zero attached hydrogens (tertiary/aromatic N) is 4. The fourth-order valence-electron chi connectivity index (χ4n) is 5.50. The zero-order valence-corrected chi connectivity index (χ0v) is 12.4. The van der Waals surface area contributed by atoms with Gasteiger partial charge < -0.3 is 14.9 Å². The minimum absolute atomic E-state index is 0.138. The molecule has 4 aliphatic carbocycles. The number of methoxy groups -OCH3 is 1. The Morgan fingerprint density at radius 1 is 1.41 bits per heavy atom. The lowest BCUT2D eigenvalue weighted by atomic mass is 9.47. The maximum atomic E-state index is 12.4. The minimum atomic E-state index is -0.576. The highest BCUT2D eigenvalue weighted by atomic mass is 16.6. The van der Waals surface area contributed by atoms with E-state index < -0.39 is 10.3 Å². The van der Waals surface area contributed by atoms with Gasteiger partial charge in [0.2, 0.25) is 6.33 Å². The van der Waals surface area contributed by atoms with Crippen LogP contribution in [-0.2, 0) is 15.1 Å². The van der Waals surface area contributed by atoms with Gasteiger partial charge in [-0.05, 0) is 55.3 Å². The summed E-state index contributed by atoms with van der Waals surface area (Å²) in [6.07, 6.45) is 6.82. The molecule has 1 aromatic rings. The molecule has 0 amide bonds. The van der Waals surface area contributed by atoms with Gasteiger partial charge >= 0.3 is 11.9 Å². The van der Waals surface area contributed by atoms with E-state index in [1.165, 1.54) is 13.4 Å². The predicted molar refractivity (Wildman–Crippen MR) is 73.8 cm³/mol. The maximum Gasteiger partial charge on any atom is 0.490 e. The lowest BCUT2D eigenvalue weighted by Gasteiger charge is -2.59. The van der Waals surface area contributed by atoms with Gasteiger partial charge in [0.1, 0.15) is 0 Å². The lowest BCUT2D eigenvalue weighted by Crippen LogP contribution is -2.59. The van der Waals surface area contributed by atoms with Crippen LogP contribution < -0.4 is 0 Å². The van der Waals surface area contributed by atoms with Gasteiger partial charge in [-0.1, -0.05) is 4.98 Å². The molecule has 8 heteroatoms. The summed E-state index contributed by atoms with van der Waals surface area (Å²) in [6, 6.07) is 0. The molecule has 0 unspecified atom stereocenters. The third-order valence-corrected chi connectivity index (χ3v) is 5.78. The average molecular weight is 306 g/mol. The van der Waals surface area contributed by atoms with Crippen molar-refractivity contribution in [2.24, 2.45) is 17.3 Å². The van der Waals surface area contributed by atoms with Crippen LogP contribution in [0.5, 0.6) is 0 Å². The number of hydrogen-bond acceptors (Lipinski definition) is 6. The summed E-state index contributed by atoms with van der Waals surface area (Å²) in [5, 5.41) is 14.9. The van der Waals surface area contributed by atoms with Crippen LogP contribution in [0.15, 0.2) is 6.33 Å². The van der Waals surface area contributed by atoms with Crippen LogP contribution in [0.25, 0.3) is 0 Å². The first-order chi connectivity index (χ1) is 10.5. The number of esters is 1. The van der Waals surface area contributed by atoms with Crippen molar-refractivity contribution in [3.8, 4) is 0 Å². The second kappa shape index (κ2) is 4.27. The third-order valence-electron chi connectivity index (χ3n) is 5.78. The normalized spacial score (nSPS) is 39.0. The van der Waals surface area contributed by atoms with Gasteiger partial charge in [-0.2, -0.15) is 4.68 Å². The second-order valence-electron chi connectivity index (χ2n) is 7.20. The highest BCUT2D eigenvalue weighted by Gasteiger charge is 2.63. The summed E-state index contributed by atoms with van der Waals surface area (Å²) in [6.45, 7) is 0. The molecule has 22 heavy (non-hydrogen) atoms. The van der Waals surface area contributed by atoms with Crippen molar-refractivity contribution in [2.75, 3.05) is 7.11 Å². The van der Waals surface area contributed by atoms with Crippen LogP contribution in [0.3, 0.4) is 0 Å². The number of carbonyl (C=O) groups excluding carboxylic acids is 1. The van der Waals surface area contributed by atoms with Crippen LogP contribution in [-0.4, -0.2) is 32.8 Å². The van der Waals surface area contributed by atoms with Gasteiger partial charge in [0.25, 0.3) is 0 Å². The molecule has 0 aromatic carbocycles. The summed E-state index contributed by atoms with van der Waals surface area (Å²) in [7, 11) is 1.44. The summed E-state index contributed by atoms with van der Waals surface area (Å²) in [5.74, 6) is 0.413. The molecule has 118 valence electrons. The van der Waals surface area contributed by atoms with Crippen molar-refractivity contribution in [3.05, 3.63) is 16.4 Å². The molecule has 5 rings (SSSR count). The Kier molecular flexibility index (Phi) is 2.65. The van der Waals surface area contributed by atoms with Crippen LogP contribution in [0, 0.1) is 27.4 Å². The molecule has 4 aliphatic rings. The molecule has 1 aromatic heterocycles. The average Bonchev–Trinajstić information content (AvgIpc) is 2.95. The molecule has 0 aliphatic heterocycles. The summed E-state index contributed by atoms with van der Waals surface area (Å²) in [5.41, 5.74) is -0.765. The van der Waals surface area contributed by atoms with Crippen molar-refractivity contribution in [1.82, 2.24) is 14.8 Å². The van der Waals surface area contributed by atoms with E-state index in [1.807, 2.05) is 0 Å². The molecule has 2 atom stereocenters. The zero-order valence-electron chi connectivity index (χ0n) is 12.4. The molecular weight excluding hydrogens is 288 g/mol. The molecule has 4 fully saturated rings. The number of hydrogen-bond donors (Lipinski definition) is 0. The number of aromatic nitrogens is 3. The fraction of sp³-hybridized carbons (Fsp3) is 0.786. The smallest absolute Gasteiger partial charge is 0.469 e. The monoisotopic (exact) mass is 306 g/mol. The Morgan fingerprint density at radius 2 is 2.09 bits per heavy atom. The fourth-order valence-corrected chi connectivity index (χ4v) is 5.50. The first kappa shape index (κ1) is 13.7. The lowest BCUT2D eigenvalue weighted by molar-refractivity contribution is -0.394.